The third-order valence-electron chi connectivity index (χ3n) is 8.48. The van der Waals surface area contributed by atoms with Gasteiger partial charge in [0.2, 0.25) is 5.91 Å². The summed E-state index contributed by atoms with van der Waals surface area (Å²) in [6.45, 7) is 5.51. The molecule has 0 radical (unpaired) electrons. The summed E-state index contributed by atoms with van der Waals surface area (Å²) in [7, 11) is 0. The number of pyridine rings is 1. The zero-order valence-corrected chi connectivity index (χ0v) is 31.6. The maximum Gasteiger partial charge on any atom is 0.317 e. The Labute approximate surface area is 320 Å². The molecular weight excluding hydrogens is 722 g/mol. The molecule has 0 spiro atoms. The molecule has 1 aliphatic rings. The highest BCUT2D eigenvalue weighted by atomic mass is 16.4. The number of hydrazine groups is 2. The standard InChI is InChI=1S/C34H57N11O10/c1-24(2)18-26(35)34(55)41-39-28(46)6-4-3-5-9-36-33(54)25-7-8-27(37-19-25)38-40-29(47)20-42-10-12-43(21-30(48)49)14-16-45(23-32(52)53)17-15-44(13-11-42)22-31(50)51/h7-8,19,24,26H,3-6,9-18,20-23,35H2,1-2H3,(H,36,54)(H,37,38)(H,39,46)(H,40,47)(H,41,55)(H,48,49)(H,50,51)(H,52,53)/t26-/m1/s1. The number of carboxylic acids is 3. The van der Waals surface area contributed by atoms with Gasteiger partial charge < -0.3 is 26.4 Å². The summed E-state index contributed by atoms with van der Waals surface area (Å²) in [5.41, 5.74) is 16.0. The van der Waals surface area contributed by atoms with Crippen molar-refractivity contribution in [2.24, 2.45) is 11.7 Å². The van der Waals surface area contributed by atoms with Crippen LogP contribution in [0.15, 0.2) is 18.3 Å². The number of hydrogen-bond acceptors (Lipinski definition) is 14. The monoisotopic (exact) mass is 779 g/mol. The summed E-state index contributed by atoms with van der Waals surface area (Å²) in [6.07, 6.45) is 3.90. The predicted octanol–water partition coefficient (Wildman–Crippen LogP) is -2.19. The lowest BCUT2D eigenvalue weighted by molar-refractivity contribution is -0.140. The summed E-state index contributed by atoms with van der Waals surface area (Å²) in [6, 6.07) is 2.35. The minimum atomic E-state index is -1.05. The van der Waals surface area contributed by atoms with E-state index in [-0.39, 0.29) is 109 Å². The van der Waals surface area contributed by atoms with Gasteiger partial charge in [-0.3, -0.25) is 74.9 Å². The number of carboxylic acid groups (broad SMARTS) is 3. The fourth-order valence-corrected chi connectivity index (χ4v) is 5.56. The molecule has 2 heterocycles. The predicted molar refractivity (Wildman–Crippen MR) is 199 cm³/mol. The molecule has 0 unspecified atom stereocenters. The van der Waals surface area contributed by atoms with E-state index in [0.717, 1.165) is 0 Å². The molecular formula is C34H57N11O10. The van der Waals surface area contributed by atoms with E-state index < -0.39 is 35.8 Å². The highest BCUT2D eigenvalue weighted by Gasteiger charge is 2.21. The fourth-order valence-electron chi connectivity index (χ4n) is 5.56. The Morgan fingerprint density at radius 1 is 0.691 bits per heavy atom. The number of aromatic nitrogens is 1. The van der Waals surface area contributed by atoms with Crippen LogP contribution in [-0.4, -0.2) is 173 Å². The van der Waals surface area contributed by atoms with E-state index in [1.807, 2.05) is 13.8 Å². The molecule has 2 rings (SSSR count). The average molecular weight is 780 g/mol. The molecule has 0 saturated carbocycles. The topological polar surface area (TPSA) is 292 Å². The third kappa shape index (κ3) is 20.9. The molecule has 1 saturated heterocycles. The number of carbonyl (C=O) groups excluding carboxylic acids is 4. The lowest BCUT2D eigenvalue weighted by Crippen LogP contribution is -2.50. The van der Waals surface area contributed by atoms with Gasteiger partial charge in [-0.2, -0.15) is 0 Å². The normalized spacial score (nSPS) is 15.9. The second-order valence-electron chi connectivity index (χ2n) is 13.7. The molecule has 1 fully saturated rings. The van der Waals surface area contributed by atoms with Crippen LogP contribution in [0, 0.1) is 5.92 Å². The van der Waals surface area contributed by atoms with E-state index in [0.29, 0.717) is 37.8 Å². The largest absolute Gasteiger partial charge is 0.480 e. The van der Waals surface area contributed by atoms with Gasteiger partial charge in [-0.25, -0.2) is 4.98 Å². The molecule has 1 aromatic heterocycles. The molecule has 308 valence electrons. The van der Waals surface area contributed by atoms with Crippen LogP contribution in [0.25, 0.3) is 0 Å². The Hall–Kier alpha value is -4.96. The van der Waals surface area contributed by atoms with Gasteiger partial charge in [0, 0.05) is 71.5 Å². The quantitative estimate of drug-likeness (QED) is 0.0502. The van der Waals surface area contributed by atoms with Crippen LogP contribution in [0.1, 0.15) is 56.3 Å². The summed E-state index contributed by atoms with van der Waals surface area (Å²) < 4.78 is 0. The number of unbranched alkanes of at least 4 members (excludes halogenated alkanes) is 2. The van der Waals surface area contributed by atoms with Crippen molar-refractivity contribution in [1.82, 2.24) is 46.2 Å². The van der Waals surface area contributed by atoms with Gasteiger partial charge in [0.1, 0.15) is 5.82 Å². The number of anilines is 1. The van der Waals surface area contributed by atoms with Crippen LogP contribution < -0.4 is 32.8 Å². The van der Waals surface area contributed by atoms with E-state index in [1.165, 1.54) is 18.3 Å². The molecule has 55 heavy (non-hydrogen) atoms. The van der Waals surface area contributed by atoms with Gasteiger partial charge in [0.15, 0.2) is 0 Å². The van der Waals surface area contributed by atoms with Crippen LogP contribution >= 0.6 is 0 Å². The first-order chi connectivity index (χ1) is 26.1. The molecule has 0 bridgehead atoms. The zero-order chi connectivity index (χ0) is 40.8. The SMILES string of the molecule is CC(C)C[C@@H](N)C(=O)NNC(=O)CCCCCNC(=O)c1ccc(NNC(=O)CN2CCN(CC(=O)O)CCN(CC(=O)O)CCN(CC(=O)O)CC2)nc1. The Morgan fingerprint density at radius 2 is 1.20 bits per heavy atom. The lowest BCUT2D eigenvalue weighted by atomic mass is 10.0. The number of amides is 4. The van der Waals surface area contributed by atoms with E-state index in [9.17, 15) is 48.9 Å². The third-order valence-corrected chi connectivity index (χ3v) is 8.48. The number of nitrogens with one attached hydrogen (secondary N) is 5. The first-order valence-corrected chi connectivity index (χ1v) is 18.3. The van der Waals surface area contributed by atoms with Gasteiger partial charge in [-0.15, -0.1) is 0 Å². The number of carbonyl (C=O) groups is 7. The Bertz CT molecular complexity index is 1380. The maximum absolute atomic E-state index is 12.9. The zero-order valence-electron chi connectivity index (χ0n) is 31.6. The number of aliphatic carboxylic acids is 3. The van der Waals surface area contributed by atoms with Crippen LogP contribution in [0.5, 0.6) is 0 Å². The van der Waals surface area contributed by atoms with E-state index in [1.54, 1.807) is 19.6 Å². The van der Waals surface area contributed by atoms with Crippen molar-refractivity contribution in [3.63, 3.8) is 0 Å². The molecule has 1 aliphatic heterocycles. The minimum absolute atomic E-state index is 0.102. The smallest absolute Gasteiger partial charge is 0.317 e. The lowest BCUT2D eigenvalue weighted by Gasteiger charge is -2.32. The number of nitrogens with two attached hydrogens (primary N) is 1. The van der Waals surface area contributed by atoms with Crippen molar-refractivity contribution in [2.45, 2.75) is 52.0 Å². The molecule has 10 N–H and O–H groups in total. The van der Waals surface area contributed by atoms with Crippen molar-refractivity contribution in [1.29, 1.82) is 0 Å². The second-order valence-corrected chi connectivity index (χ2v) is 13.7. The Balaban J connectivity index is 1.80. The van der Waals surface area contributed by atoms with Crippen LogP contribution in [0.3, 0.4) is 0 Å². The molecule has 4 amide bonds. The van der Waals surface area contributed by atoms with Gasteiger partial charge in [0.25, 0.3) is 17.7 Å². The van der Waals surface area contributed by atoms with Crippen LogP contribution in [0.4, 0.5) is 5.82 Å². The van der Waals surface area contributed by atoms with Gasteiger partial charge in [-0.05, 0) is 37.3 Å². The number of nitrogens with zero attached hydrogens (tertiary/aromatic N) is 5. The first kappa shape index (κ1) is 46.2. The van der Waals surface area contributed by atoms with Crippen molar-refractivity contribution in [3.05, 3.63) is 23.9 Å². The number of rotatable bonds is 20. The van der Waals surface area contributed by atoms with Crippen molar-refractivity contribution in [2.75, 3.05) is 90.5 Å². The molecule has 21 heteroatoms. The van der Waals surface area contributed by atoms with Crippen molar-refractivity contribution >= 4 is 47.4 Å². The van der Waals surface area contributed by atoms with Crippen molar-refractivity contribution < 1.29 is 48.9 Å². The first-order valence-electron chi connectivity index (χ1n) is 18.3. The van der Waals surface area contributed by atoms with E-state index in [4.69, 9.17) is 5.73 Å². The summed E-state index contributed by atoms with van der Waals surface area (Å²) in [5, 5.41) is 30.9. The maximum atomic E-state index is 12.9. The minimum Gasteiger partial charge on any atom is -0.480 e. The Kier molecular flexibility index (Phi) is 21.2. The van der Waals surface area contributed by atoms with Gasteiger partial charge >= 0.3 is 17.9 Å². The van der Waals surface area contributed by atoms with Crippen LogP contribution in [0.2, 0.25) is 0 Å². The molecule has 0 aromatic carbocycles. The summed E-state index contributed by atoms with van der Waals surface area (Å²) in [5.74, 6) is -4.18. The van der Waals surface area contributed by atoms with Crippen LogP contribution in [-0.2, 0) is 28.8 Å². The highest BCUT2D eigenvalue weighted by molar-refractivity contribution is 5.94. The summed E-state index contributed by atoms with van der Waals surface area (Å²) in [4.78, 5) is 94.6. The van der Waals surface area contributed by atoms with Crippen molar-refractivity contribution in [3.8, 4) is 0 Å². The van der Waals surface area contributed by atoms with E-state index >= 15 is 0 Å². The average Bonchev–Trinajstić information content (AvgIpc) is 3.11. The molecule has 1 aromatic rings. The Morgan fingerprint density at radius 3 is 1.65 bits per heavy atom. The van der Waals surface area contributed by atoms with Gasteiger partial charge in [-0.1, -0.05) is 20.3 Å². The second kappa shape index (κ2) is 25.2. The molecule has 0 aliphatic carbocycles. The fraction of sp³-hybridized carbons (Fsp3) is 0.647. The van der Waals surface area contributed by atoms with E-state index in [2.05, 4.69) is 32.0 Å². The van der Waals surface area contributed by atoms with Gasteiger partial charge in [0.05, 0.1) is 37.8 Å². The molecule has 21 nitrogen and oxygen atoms in total. The number of hydrogen-bond donors (Lipinski definition) is 9. The highest BCUT2D eigenvalue weighted by Crippen LogP contribution is 2.06. The summed E-state index contributed by atoms with van der Waals surface area (Å²) >= 11 is 0. The molecule has 1 atom stereocenters.